The van der Waals surface area contributed by atoms with Crippen molar-refractivity contribution in [2.45, 2.75) is 13.8 Å². The minimum atomic E-state index is -0.164. The van der Waals surface area contributed by atoms with Crippen molar-refractivity contribution in [2.75, 3.05) is 63.1 Å². The van der Waals surface area contributed by atoms with Gasteiger partial charge in [0, 0.05) is 31.9 Å². The van der Waals surface area contributed by atoms with E-state index in [1.54, 1.807) is 19.2 Å². The third-order valence-electron chi connectivity index (χ3n) is 5.55. The van der Waals surface area contributed by atoms with E-state index in [0.29, 0.717) is 31.1 Å². The van der Waals surface area contributed by atoms with Crippen LogP contribution in [-0.4, -0.2) is 74.5 Å². The van der Waals surface area contributed by atoms with Gasteiger partial charge in [0.1, 0.15) is 5.75 Å². The zero-order chi connectivity index (χ0) is 22.2. The van der Waals surface area contributed by atoms with Gasteiger partial charge in [-0.2, -0.15) is 0 Å². The SMILES string of the molecule is CCN(CC(=O)Nc1ccccc1OC)CC(=O)N1CCN(c2cccc(C)c2)CC1. The maximum absolute atomic E-state index is 12.8. The first kappa shape index (κ1) is 22.6. The Morgan fingerprint density at radius 1 is 1.03 bits per heavy atom. The summed E-state index contributed by atoms with van der Waals surface area (Å²) < 4.78 is 5.28. The summed E-state index contributed by atoms with van der Waals surface area (Å²) in [6, 6.07) is 15.7. The second kappa shape index (κ2) is 10.8. The molecule has 2 aromatic carbocycles. The molecule has 1 aliphatic heterocycles. The second-order valence-corrected chi connectivity index (χ2v) is 7.76. The van der Waals surface area contributed by atoms with Crippen molar-refractivity contribution in [2.24, 2.45) is 0 Å². The highest BCUT2D eigenvalue weighted by Crippen LogP contribution is 2.23. The van der Waals surface area contributed by atoms with E-state index in [9.17, 15) is 9.59 Å². The fraction of sp³-hybridized carbons (Fsp3) is 0.417. The predicted molar refractivity (Wildman–Crippen MR) is 124 cm³/mol. The Morgan fingerprint density at radius 2 is 1.77 bits per heavy atom. The van der Waals surface area contributed by atoms with Gasteiger partial charge in [0.2, 0.25) is 11.8 Å². The van der Waals surface area contributed by atoms with Crippen LogP contribution in [0.4, 0.5) is 11.4 Å². The van der Waals surface area contributed by atoms with E-state index in [4.69, 9.17) is 4.74 Å². The number of carbonyl (C=O) groups excluding carboxylic acids is 2. The van der Waals surface area contributed by atoms with Crippen LogP contribution in [-0.2, 0) is 9.59 Å². The minimum Gasteiger partial charge on any atom is -0.495 e. The first-order valence-electron chi connectivity index (χ1n) is 10.7. The normalized spacial score (nSPS) is 13.9. The van der Waals surface area contributed by atoms with Crippen molar-refractivity contribution in [3.63, 3.8) is 0 Å². The number of hydrogen-bond donors (Lipinski definition) is 1. The molecule has 1 saturated heterocycles. The summed E-state index contributed by atoms with van der Waals surface area (Å²) in [5.74, 6) is 0.515. The number of benzene rings is 2. The molecule has 1 fully saturated rings. The number of amides is 2. The Bertz CT molecular complexity index is 894. The molecule has 0 unspecified atom stereocenters. The zero-order valence-electron chi connectivity index (χ0n) is 18.6. The average molecular weight is 425 g/mol. The summed E-state index contributed by atoms with van der Waals surface area (Å²) in [6.45, 7) is 8.07. The van der Waals surface area contributed by atoms with E-state index in [1.165, 1.54) is 11.3 Å². The molecule has 1 N–H and O–H groups in total. The van der Waals surface area contributed by atoms with Gasteiger partial charge in [-0.25, -0.2) is 0 Å². The number of piperazine rings is 1. The Balaban J connectivity index is 1.49. The van der Waals surface area contributed by atoms with Crippen LogP contribution in [0.25, 0.3) is 0 Å². The number of anilines is 2. The molecular weight excluding hydrogens is 392 g/mol. The third-order valence-corrected chi connectivity index (χ3v) is 5.55. The lowest BCUT2D eigenvalue weighted by Gasteiger charge is -2.37. The molecule has 2 aromatic rings. The molecule has 1 aliphatic rings. The number of nitrogens with zero attached hydrogens (tertiary/aromatic N) is 3. The lowest BCUT2D eigenvalue weighted by atomic mass is 10.2. The number of likely N-dealkylation sites (N-methyl/N-ethyl adjacent to an activating group) is 1. The Morgan fingerprint density at radius 3 is 2.45 bits per heavy atom. The number of ether oxygens (including phenoxy) is 1. The van der Waals surface area contributed by atoms with Crippen molar-refractivity contribution in [1.82, 2.24) is 9.80 Å². The van der Waals surface area contributed by atoms with Crippen molar-refractivity contribution in [3.05, 3.63) is 54.1 Å². The molecule has 7 nitrogen and oxygen atoms in total. The summed E-state index contributed by atoms with van der Waals surface area (Å²) in [4.78, 5) is 31.4. The van der Waals surface area contributed by atoms with Crippen molar-refractivity contribution in [3.8, 4) is 5.75 Å². The molecule has 31 heavy (non-hydrogen) atoms. The highest BCUT2D eigenvalue weighted by Gasteiger charge is 2.23. The van der Waals surface area contributed by atoms with Crippen LogP contribution in [0.2, 0.25) is 0 Å². The molecule has 0 aliphatic carbocycles. The maximum atomic E-state index is 12.8. The minimum absolute atomic E-state index is 0.0656. The van der Waals surface area contributed by atoms with Gasteiger partial charge >= 0.3 is 0 Å². The third kappa shape index (κ3) is 6.21. The Kier molecular flexibility index (Phi) is 7.89. The lowest BCUT2D eigenvalue weighted by molar-refractivity contribution is -0.133. The number of rotatable bonds is 8. The topological polar surface area (TPSA) is 65.1 Å². The van der Waals surface area contributed by atoms with E-state index < -0.39 is 0 Å². The monoisotopic (exact) mass is 424 g/mol. The molecule has 0 spiro atoms. The number of carbonyl (C=O) groups is 2. The van der Waals surface area contributed by atoms with E-state index in [0.717, 1.165) is 13.1 Å². The molecule has 3 rings (SSSR count). The number of nitrogens with one attached hydrogen (secondary N) is 1. The largest absolute Gasteiger partial charge is 0.495 e. The van der Waals surface area contributed by atoms with E-state index in [1.807, 2.05) is 28.9 Å². The summed E-state index contributed by atoms with van der Waals surface area (Å²) in [5, 5.41) is 2.87. The van der Waals surface area contributed by atoms with E-state index in [2.05, 4.69) is 41.4 Å². The molecule has 7 heteroatoms. The highest BCUT2D eigenvalue weighted by molar-refractivity contribution is 5.94. The standard InChI is InChI=1S/C24H32N4O3/c1-4-26(17-23(29)25-21-10-5-6-11-22(21)31-3)18-24(30)28-14-12-27(13-15-28)20-9-7-8-19(2)16-20/h5-11,16H,4,12-15,17-18H2,1-3H3,(H,25,29). The number of hydrogen-bond acceptors (Lipinski definition) is 5. The van der Waals surface area contributed by atoms with Gasteiger partial charge in [-0.3, -0.25) is 14.5 Å². The maximum Gasteiger partial charge on any atom is 0.238 e. The molecule has 166 valence electrons. The average Bonchev–Trinajstić information content (AvgIpc) is 2.79. The van der Waals surface area contributed by atoms with Gasteiger partial charge in [0.25, 0.3) is 0 Å². The van der Waals surface area contributed by atoms with Crippen molar-refractivity contribution >= 4 is 23.2 Å². The van der Waals surface area contributed by atoms with Crippen LogP contribution in [0, 0.1) is 6.92 Å². The number of methoxy groups -OCH3 is 1. The van der Waals surface area contributed by atoms with Gasteiger partial charge < -0.3 is 19.9 Å². The molecule has 0 radical (unpaired) electrons. The zero-order valence-corrected chi connectivity index (χ0v) is 18.6. The fourth-order valence-corrected chi connectivity index (χ4v) is 3.75. The number of para-hydroxylation sites is 2. The van der Waals surface area contributed by atoms with Gasteiger partial charge in [0.15, 0.2) is 0 Å². The van der Waals surface area contributed by atoms with Crippen LogP contribution < -0.4 is 15.0 Å². The number of aryl methyl sites for hydroxylation is 1. The van der Waals surface area contributed by atoms with Crippen LogP contribution in [0.1, 0.15) is 12.5 Å². The molecular formula is C24H32N4O3. The van der Waals surface area contributed by atoms with Gasteiger partial charge in [0.05, 0.1) is 25.9 Å². The van der Waals surface area contributed by atoms with E-state index >= 15 is 0 Å². The molecule has 0 saturated carbocycles. The van der Waals surface area contributed by atoms with Crippen LogP contribution >= 0.6 is 0 Å². The van der Waals surface area contributed by atoms with E-state index in [-0.39, 0.29) is 24.9 Å². The first-order chi connectivity index (χ1) is 15.0. The van der Waals surface area contributed by atoms with Crippen molar-refractivity contribution < 1.29 is 14.3 Å². The summed E-state index contributed by atoms with van der Waals surface area (Å²) in [7, 11) is 1.57. The van der Waals surface area contributed by atoms with Gasteiger partial charge in [-0.15, -0.1) is 0 Å². The van der Waals surface area contributed by atoms with Gasteiger partial charge in [-0.05, 0) is 43.3 Å². The quantitative estimate of drug-likeness (QED) is 0.706. The van der Waals surface area contributed by atoms with Crippen molar-refractivity contribution in [1.29, 1.82) is 0 Å². The molecule has 0 aromatic heterocycles. The molecule has 2 amide bonds. The summed E-state index contributed by atoms with van der Waals surface area (Å²) in [5.41, 5.74) is 3.07. The van der Waals surface area contributed by atoms with Gasteiger partial charge in [-0.1, -0.05) is 31.2 Å². The molecule has 1 heterocycles. The summed E-state index contributed by atoms with van der Waals surface area (Å²) >= 11 is 0. The van der Waals surface area contributed by atoms with Crippen LogP contribution in [0.5, 0.6) is 5.75 Å². The smallest absolute Gasteiger partial charge is 0.238 e. The lowest BCUT2D eigenvalue weighted by Crippen LogP contribution is -2.51. The molecule has 0 bridgehead atoms. The van der Waals surface area contributed by atoms with Crippen LogP contribution in [0.3, 0.4) is 0 Å². The predicted octanol–water partition coefficient (Wildman–Crippen LogP) is 2.61. The fourth-order valence-electron chi connectivity index (χ4n) is 3.75. The highest BCUT2D eigenvalue weighted by atomic mass is 16.5. The van der Waals surface area contributed by atoms with Crippen LogP contribution in [0.15, 0.2) is 48.5 Å². The first-order valence-corrected chi connectivity index (χ1v) is 10.7. The Labute approximate surface area is 184 Å². The Hall–Kier alpha value is -3.06. The second-order valence-electron chi connectivity index (χ2n) is 7.76. The summed E-state index contributed by atoms with van der Waals surface area (Å²) in [6.07, 6.45) is 0. The molecule has 0 atom stereocenters.